The van der Waals surface area contributed by atoms with E-state index in [9.17, 15) is 0 Å². The summed E-state index contributed by atoms with van der Waals surface area (Å²) in [5, 5.41) is 0. The summed E-state index contributed by atoms with van der Waals surface area (Å²) < 4.78 is 6.78. The van der Waals surface area contributed by atoms with Gasteiger partial charge in [-0.2, -0.15) is 0 Å². The van der Waals surface area contributed by atoms with Gasteiger partial charge in [0, 0.05) is 27.8 Å². The second kappa shape index (κ2) is 16.9. The number of benzene rings is 11. The summed E-state index contributed by atoms with van der Waals surface area (Å²) in [7, 11) is 0. The van der Waals surface area contributed by atoms with E-state index in [0.717, 1.165) is 84.1 Å². The molecule has 0 unspecified atom stereocenters. The molecule has 0 fully saturated rings. The first-order chi connectivity index (χ1) is 37.2. The van der Waals surface area contributed by atoms with Crippen molar-refractivity contribution in [3.63, 3.8) is 0 Å². The van der Waals surface area contributed by atoms with E-state index in [2.05, 4.69) is 279 Å². The number of para-hydroxylation sites is 2. The molecule has 0 amide bonds. The molecule has 3 nitrogen and oxygen atoms in total. The van der Waals surface area contributed by atoms with Crippen molar-refractivity contribution in [2.45, 2.75) is 10.8 Å². The maximum atomic E-state index is 6.78. The lowest BCUT2D eigenvalue weighted by Crippen LogP contribution is -2.45. The van der Waals surface area contributed by atoms with Crippen LogP contribution in [0.3, 0.4) is 0 Å². The predicted molar refractivity (Wildman–Crippen MR) is 304 cm³/mol. The van der Waals surface area contributed by atoms with E-state index in [-0.39, 0.29) is 0 Å². The molecule has 0 radical (unpaired) electrons. The van der Waals surface area contributed by atoms with Crippen molar-refractivity contribution in [1.29, 1.82) is 0 Å². The lowest BCUT2D eigenvalue weighted by molar-refractivity contribution is 0.429. The van der Waals surface area contributed by atoms with E-state index in [1.807, 2.05) is 0 Å². The summed E-state index contributed by atoms with van der Waals surface area (Å²) in [5.74, 6) is 2.43. The highest BCUT2D eigenvalue weighted by molar-refractivity contribution is 5.94. The molecule has 0 saturated heterocycles. The van der Waals surface area contributed by atoms with E-state index in [0.29, 0.717) is 5.82 Å². The molecular formula is C72H46N2O. The van der Waals surface area contributed by atoms with E-state index in [1.165, 1.54) is 44.5 Å². The zero-order valence-corrected chi connectivity index (χ0v) is 40.9. The molecule has 0 atom stereocenters. The maximum Gasteiger partial charge on any atom is 0.160 e. The number of aromatic nitrogens is 2. The van der Waals surface area contributed by atoms with E-state index < -0.39 is 10.8 Å². The minimum absolute atomic E-state index is 0.643. The second-order valence-corrected chi connectivity index (χ2v) is 19.9. The van der Waals surface area contributed by atoms with E-state index >= 15 is 0 Å². The molecule has 1 aliphatic heterocycles. The minimum atomic E-state index is -0.652. The van der Waals surface area contributed by atoms with Crippen molar-refractivity contribution in [1.82, 2.24) is 9.97 Å². The largest absolute Gasteiger partial charge is 0.457 e. The van der Waals surface area contributed by atoms with Crippen molar-refractivity contribution >= 4 is 0 Å². The Kier molecular flexibility index (Phi) is 9.70. The summed E-state index contributed by atoms with van der Waals surface area (Å²) in [6, 6.07) is 101. The van der Waals surface area contributed by atoms with E-state index in [4.69, 9.17) is 14.7 Å². The van der Waals surface area contributed by atoms with Crippen molar-refractivity contribution < 1.29 is 4.74 Å². The summed E-state index contributed by atoms with van der Waals surface area (Å²) >= 11 is 0. The lowest BCUT2D eigenvalue weighted by atomic mass is 9.51. The summed E-state index contributed by atoms with van der Waals surface area (Å²) in [6.07, 6.45) is 0. The van der Waals surface area contributed by atoms with Gasteiger partial charge >= 0.3 is 0 Å². The number of fused-ring (bicyclic) bond motifs is 15. The molecule has 2 heterocycles. The summed E-state index contributed by atoms with van der Waals surface area (Å²) in [5.41, 5.74) is 22.6. The van der Waals surface area contributed by atoms with Gasteiger partial charge in [0.05, 0.1) is 22.2 Å². The normalized spacial score (nSPS) is 13.7. The van der Waals surface area contributed by atoms with Crippen molar-refractivity contribution in [2.24, 2.45) is 0 Å². The number of hydrogen-bond donors (Lipinski definition) is 0. The summed E-state index contributed by atoms with van der Waals surface area (Å²) in [6.45, 7) is 0. The average Bonchev–Trinajstić information content (AvgIpc) is 3.93. The molecule has 350 valence electrons. The Bertz CT molecular complexity index is 4040. The zero-order valence-electron chi connectivity index (χ0n) is 40.9. The van der Waals surface area contributed by atoms with Gasteiger partial charge in [-0.1, -0.05) is 243 Å². The van der Waals surface area contributed by atoms with Crippen LogP contribution in [0.2, 0.25) is 0 Å². The van der Waals surface area contributed by atoms with Gasteiger partial charge in [-0.3, -0.25) is 0 Å². The standard InChI is InChI=1S/C72H46N2O/c1-3-21-47(22-4-1)49-25-19-27-52(43-49)66-46-67(74-70(73-66)53-28-20-26-50(44-53)48-23-5-2-6-24-48)57-31-8-7-29-54(57)51-41-42-56-55-30-9-10-32-58(55)71(65(56)45-51)59-33-11-13-35-61(59)72(62-36-14-12-34-60(62)71)63-37-15-17-39-68(63)75-69-40-18-16-38-64(69)72/h1-46H. The highest BCUT2D eigenvalue weighted by Gasteiger charge is 2.58. The number of ether oxygens (including phenoxy) is 1. The SMILES string of the molecule is c1ccc(-c2cccc(-c3cc(-c4ccccc4-c4ccc5c(c4)C4(c6ccccc6-5)c5ccccc5C5(c6ccccc6Oc6ccccc65)c5ccccc54)nc(-c4cccc(-c5ccccc5)c4)n3)c2)cc1. The molecule has 2 spiro atoms. The zero-order chi connectivity index (χ0) is 49.5. The van der Waals surface area contributed by atoms with Crippen LogP contribution in [0.5, 0.6) is 11.5 Å². The molecule has 3 heteroatoms. The number of hydrogen-bond acceptors (Lipinski definition) is 3. The van der Waals surface area contributed by atoms with Crippen LogP contribution in [-0.2, 0) is 10.8 Å². The first-order valence-electron chi connectivity index (χ1n) is 25.8. The monoisotopic (exact) mass is 954 g/mol. The molecule has 0 bridgehead atoms. The topological polar surface area (TPSA) is 35.0 Å². The fraction of sp³-hybridized carbons (Fsp3) is 0.0278. The van der Waals surface area contributed by atoms with Gasteiger partial charge in [-0.25, -0.2) is 9.97 Å². The first kappa shape index (κ1) is 42.9. The molecule has 3 aliphatic rings. The molecule has 11 aromatic carbocycles. The van der Waals surface area contributed by atoms with Crippen LogP contribution in [-0.4, -0.2) is 9.97 Å². The van der Waals surface area contributed by atoms with Gasteiger partial charge in [0.1, 0.15) is 11.5 Å². The van der Waals surface area contributed by atoms with Gasteiger partial charge in [0.25, 0.3) is 0 Å². The fourth-order valence-electron chi connectivity index (χ4n) is 12.9. The molecule has 0 N–H and O–H groups in total. The van der Waals surface area contributed by atoms with Crippen LogP contribution in [0.25, 0.3) is 78.4 Å². The molecule has 0 saturated carbocycles. The Morgan fingerprint density at radius 2 is 0.640 bits per heavy atom. The highest BCUT2D eigenvalue weighted by Crippen LogP contribution is 2.67. The number of nitrogens with zero attached hydrogens (tertiary/aromatic N) is 2. The van der Waals surface area contributed by atoms with Crippen molar-refractivity contribution in [3.05, 3.63) is 324 Å². The van der Waals surface area contributed by atoms with Gasteiger partial charge in [0.2, 0.25) is 0 Å². The molecule has 15 rings (SSSR count). The van der Waals surface area contributed by atoms with Crippen LogP contribution >= 0.6 is 0 Å². The van der Waals surface area contributed by atoms with Crippen molar-refractivity contribution in [3.8, 4) is 89.9 Å². The second-order valence-electron chi connectivity index (χ2n) is 19.9. The average molecular weight is 955 g/mol. The van der Waals surface area contributed by atoms with Gasteiger partial charge in [0.15, 0.2) is 5.82 Å². The maximum absolute atomic E-state index is 6.78. The van der Waals surface area contributed by atoms with Crippen LogP contribution in [0, 0.1) is 0 Å². The molecule has 75 heavy (non-hydrogen) atoms. The Labute approximate surface area is 436 Å². The Morgan fingerprint density at radius 3 is 1.24 bits per heavy atom. The highest BCUT2D eigenvalue weighted by atomic mass is 16.5. The van der Waals surface area contributed by atoms with Gasteiger partial charge in [-0.15, -0.1) is 0 Å². The minimum Gasteiger partial charge on any atom is -0.457 e. The van der Waals surface area contributed by atoms with Crippen molar-refractivity contribution in [2.75, 3.05) is 0 Å². The van der Waals surface area contributed by atoms with E-state index in [1.54, 1.807) is 0 Å². The Morgan fingerprint density at radius 1 is 0.227 bits per heavy atom. The molecule has 12 aromatic rings. The fourth-order valence-corrected chi connectivity index (χ4v) is 12.9. The third kappa shape index (κ3) is 6.41. The molecule has 2 aliphatic carbocycles. The predicted octanol–water partition coefficient (Wildman–Crippen LogP) is 17.6. The third-order valence-corrected chi connectivity index (χ3v) is 16.1. The molecule has 1 aromatic heterocycles. The third-order valence-electron chi connectivity index (χ3n) is 16.1. The van der Waals surface area contributed by atoms with Crippen LogP contribution in [0.15, 0.2) is 279 Å². The van der Waals surface area contributed by atoms with Crippen LogP contribution in [0.4, 0.5) is 0 Å². The Hall–Kier alpha value is -9.70. The quantitative estimate of drug-likeness (QED) is 0.167. The smallest absolute Gasteiger partial charge is 0.160 e. The lowest BCUT2D eigenvalue weighted by Gasteiger charge is -2.51. The first-order valence-corrected chi connectivity index (χ1v) is 25.8. The summed E-state index contributed by atoms with van der Waals surface area (Å²) in [4.78, 5) is 10.9. The van der Waals surface area contributed by atoms with Gasteiger partial charge in [-0.05, 0) is 114 Å². The van der Waals surface area contributed by atoms with Gasteiger partial charge < -0.3 is 4.74 Å². The van der Waals surface area contributed by atoms with Crippen LogP contribution < -0.4 is 4.74 Å². The Balaban J connectivity index is 0.953. The molecular weight excluding hydrogens is 909 g/mol. The van der Waals surface area contributed by atoms with Crippen LogP contribution in [0.1, 0.15) is 44.5 Å². The number of rotatable bonds is 6.